The number of rotatable bonds is 1. The highest BCUT2D eigenvalue weighted by molar-refractivity contribution is 7.80. The number of hydrogen-bond donors (Lipinski definition) is 3. The summed E-state index contributed by atoms with van der Waals surface area (Å²) in [6.45, 7) is 0. The van der Waals surface area contributed by atoms with E-state index in [0.29, 0.717) is 11.2 Å². The van der Waals surface area contributed by atoms with E-state index in [1.165, 1.54) is 19.3 Å². The van der Waals surface area contributed by atoms with Gasteiger partial charge in [0.2, 0.25) is 0 Å². The standard InChI is InChI=1S/C9H15N3S/c10-12-9(13)11-8-6-4-1-2-5(3-4)7(6)8/h4-8H,1-3,10H2,(H2,11,12,13). The Hall–Kier alpha value is -0.350. The average molecular weight is 197 g/mol. The molecule has 13 heavy (non-hydrogen) atoms. The number of thiocarbonyl (C=S) groups is 1. The van der Waals surface area contributed by atoms with E-state index in [9.17, 15) is 0 Å². The summed E-state index contributed by atoms with van der Waals surface area (Å²) in [5.41, 5.74) is 2.50. The molecule has 0 saturated heterocycles. The van der Waals surface area contributed by atoms with Crippen LogP contribution in [0.3, 0.4) is 0 Å². The highest BCUT2D eigenvalue weighted by Gasteiger charge is 2.65. The number of fused-ring (bicyclic) bond motifs is 5. The smallest absolute Gasteiger partial charge is 0.180 e. The van der Waals surface area contributed by atoms with Gasteiger partial charge in [0.1, 0.15) is 0 Å². The van der Waals surface area contributed by atoms with Crippen LogP contribution in [-0.2, 0) is 0 Å². The van der Waals surface area contributed by atoms with Gasteiger partial charge in [-0.15, -0.1) is 0 Å². The van der Waals surface area contributed by atoms with Crippen LogP contribution >= 0.6 is 12.2 Å². The topological polar surface area (TPSA) is 50.1 Å². The van der Waals surface area contributed by atoms with Crippen LogP contribution in [-0.4, -0.2) is 11.2 Å². The molecule has 4 N–H and O–H groups in total. The van der Waals surface area contributed by atoms with Crippen molar-refractivity contribution in [2.75, 3.05) is 0 Å². The summed E-state index contributed by atoms with van der Waals surface area (Å²) >= 11 is 5.00. The minimum Gasteiger partial charge on any atom is -0.358 e. The van der Waals surface area contributed by atoms with Gasteiger partial charge in [-0.05, 0) is 55.2 Å². The van der Waals surface area contributed by atoms with Crippen LogP contribution in [0.1, 0.15) is 19.3 Å². The van der Waals surface area contributed by atoms with Gasteiger partial charge in [0.05, 0.1) is 0 Å². The molecule has 3 rings (SSSR count). The van der Waals surface area contributed by atoms with Crippen molar-refractivity contribution in [1.82, 2.24) is 10.7 Å². The first-order valence-electron chi connectivity index (χ1n) is 5.08. The number of nitrogens with two attached hydrogens (primary N) is 1. The largest absolute Gasteiger partial charge is 0.358 e. The number of nitrogens with one attached hydrogen (secondary N) is 2. The molecule has 0 aliphatic heterocycles. The van der Waals surface area contributed by atoms with Gasteiger partial charge in [-0.25, -0.2) is 5.84 Å². The first-order valence-corrected chi connectivity index (χ1v) is 5.49. The Bertz CT molecular complexity index is 239. The summed E-state index contributed by atoms with van der Waals surface area (Å²) in [5, 5.41) is 3.91. The fourth-order valence-corrected chi connectivity index (χ4v) is 3.85. The first kappa shape index (κ1) is 8.00. The van der Waals surface area contributed by atoms with E-state index in [-0.39, 0.29) is 0 Å². The second-order valence-electron chi connectivity index (χ2n) is 4.63. The Morgan fingerprint density at radius 2 is 1.85 bits per heavy atom. The summed E-state index contributed by atoms with van der Waals surface area (Å²) in [4.78, 5) is 0. The Morgan fingerprint density at radius 3 is 2.38 bits per heavy atom. The predicted octanol–water partition coefficient (Wildman–Crippen LogP) is 0.369. The molecule has 0 aromatic heterocycles. The van der Waals surface area contributed by atoms with Crippen molar-refractivity contribution >= 4 is 17.3 Å². The molecule has 4 heteroatoms. The number of hydrogen-bond acceptors (Lipinski definition) is 2. The lowest BCUT2D eigenvalue weighted by Gasteiger charge is -2.11. The Kier molecular flexibility index (Phi) is 1.58. The van der Waals surface area contributed by atoms with Crippen LogP contribution in [0.5, 0.6) is 0 Å². The molecule has 72 valence electrons. The monoisotopic (exact) mass is 197 g/mol. The van der Waals surface area contributed by atoms with Gasteiger partial charge in [-0.1, -0.05) is 0 Å². The van der Waals surface area contributed by atoms with Crippen molar-refractivity contribution in [3.8, 4) is 0 Å². The summed E-state index contributed by atoms with van der Waals surface area (Å²) in [7, 11) is 0. The Morgan fingerprint density at radius 1 is 1.23 bits per heavy atom. The number of hydrazine groups is 1. The normalized spacial score (nSPS) is 50.1. The van der Waals surface area contributed by atoms with Gasteiger partial charge >= 0.3 is 0 Å². The van der Waals surface area contributed by atoms with E-state index in [1.807, 2.05) is 0 Å². The summed E-state index contributed by atoms with van der Waals surface area (Å²) in [6, 6.07) is 0.648. The lowest BCUT2D eigenvalue weighted by molar-refractivity contribution is 0.456. The molecule has 0 heterocycles. The van der Waals surface area contributed by atoms with E-state index in [1.54, 1.807) is 0 Å². The van der Waals surface area contributed by atoms with E-state index in [0.717, 1.165) is 23.7 Å². The maximum absolute atomic E-state index is 5.23. The molecule has 4 atom stereocenters. The molecular formula is C9H15N3S. The molecule has 0 spiro atoms. The van der Waals surface area contributed by atoms with Gasteiger partial charge in [0, 0.05) is 6.04 Å². The van der Waals surface area contributed by atoms with Crippen molar-refractivity contribution in [2.45, 2.75) is 25.3 Å². The minimum atomic E-state index is 0.610. The fourth-order valence-electron chi connectivity index (χ4n) is 3.71. The van der Waals surface area contributed by atoms with Crippen LogP contribution in [0.15, 0.2) is 0 Å². The van der Waals surface area contributed by atoms with Gasteiger partial charge in [0.25, 0.3) is 0 Å². The molecule has 0 amide bonds. The van der Waals surface area contributed by atoms with Crippen LogP contribution in [0.25, 0.3) is 0 Å². The molecule has 3 nitrogen and oxygen atoms in total. The second-order valence-corrected chi connectivity index (χ2v) is 5.04. The van der Waals surface area contributed by atoms with Crippen molar-refractivity contribution in [2.24, 2.45) is 29.5 Å². The first-order chi connectivity index (χ1) is 6.31. The maximum Gasteiger partial charge on any atom is 0.180 e. The van der Waals surface area contributed by atoms with Gasteiger partial charge in [-0.3, -0.25) is 0 Å². The molecule has 0 aromatic rings. The maximum atomic E-state index is 5.23. The van der Waals surface area contributed by atoms with Crippen molar-refractivity contribution in [3.63, 3.8) is 0 Å². The lowest BCUT2D eigenvalue weighted by atomic mass is 10.0. The van der Waals surface area contributed by atoms with Crippen LogP contribution in [0.2, 0.25) is 0 Å². The Balaban J connectivity index is 1.64. The third-order valence-electron chi connectivity index (χ3n) is 4.16. The van der Waals surface area contributed by atoms with Crippen molar-refractivity contribution < 1.29 is 0 Å². The molecule has 3 saturated carbocycles. The van der Waals surface area contributed by atoms with Gasteiger partial charge < -0.3 is 10.7 Å². The third-order valence-corrected chi connectivity index (χ3v) is 4.40. The van der Waals surface area contributed by atoms with Crippen LogP contribution in [0.4, 0.5) is 0 Å². The molecule has 4 unspecified atom stereocenters. The fraction of sp³-hybridized carbons (Fsp3) is 0.889. The highest BCUT2D eigenvalue weighted by Crippen LogP contribution is 2.65. The lowest BCUT2D eigenvalue weighted by Crippen LogP contribution is -2.42. The predicted molar refractivity (Wildman–Crippen MR) is 54.7 cm³/mol. The zero-order chi connectivity index (χ0) is 9.00. The molecule has 2 bridgehead atoms. The van der Waals surface area contributed by atoms with E-state index in [4.69, 9.17) is 18.1 Å². The van der Waals surface area contributed by atoms with Gasteiger partial charge in [-0.2, -0.15) is 0 Å². The van der Waals surface area contributed by atoms with Crippen molar-refractivity contribution in [1.29, 1.82) is 0 Å². The molecular weight excluding hydrogens is 182 g/mol. The van der Waals surface area contributed by atoms with Gasteiger partial charge in [0.15, 0.2) is 5.11 Å². The minimum absolute atomic E-state index is 0.610. The average Bonchev–Trinajstić information content (AvgIpc) is 2.60. The van der Waals surface area contributed by atoms with E-state index >= 15 is 0 Å². The molecule has 3 aliphatic rings. The zero-order valence-electron chi connectivity index (χ0n) is 7.49. The quantitative estimate of drug-likeness (QED) is 0.323. The molecule has 3 fully saturated rings. The summed E-state index contributed by atoms with van der Waals surface area (Å²) < 4.78 is 0. The van der Waals surface area contributed by atoms with Crippen LogP contribution < -0.4 is 16.6 Å². The highest BCUT2D eigenvalue weighted by atomic mass is 32.1. The second kappa shape index (κ2) is 2.58. The molecule has 0 aromatic carbocycles. The zero-order valence-corrected chi connectivity index (χ0v) is 8.31. The third kappa shape index (κ3) is 1.02. The van der Waals surface area contributed by atoms with Crippen molar-refractivity contribution in [3.05, 3.63) is 0 Å². The summed E-state index contributed by atoms with van der Waals surface area (Å²) in [5.74, 6) is 9.06. The Labute approximate surface area is 83.4 Å². The molecule has 0 radical (unpaired) electrons. The van der Waals surface area contributed by atoms with E-state index < -0.39 is 0 Å². The molecule has 3 aliphatic carbocycles. The SMILES string of the molecule is NNC(=S)NC1C2C3CCC(C3)C12. The van der Waals surface area contributed by atoms with E-state index in [2.05, 4.69) is 10.7 Å². The van der Waals surface area contributed by atoms with Crippen LogP contribution in [0, 0.1) is 23.7 Å². The summed E-state index contributed by atoms with van der Waals surface area (Å²) in [6.07, 6.45) is 4.38.